The van der Waals surface area contributed by atoms with Crippen LogP contribution in [-0.4, -0.2) is 21.4 Å². The molecule has 0 fully saturated rings. The minimum Gasteiger partial charge on any atom is -0.373 e. The van der Waals surface area contributed by atoms with Gasteiger partial charge in [0.05, 0.1) is 0 Å². The van der Waals surface area contributed by atoms with Crippen molar-refractivity contribution in [3.8, 4) is 0 Å². The molecule has 0 aliphatic heterocycles. The summed E-state index contributed by atoms with van der Waals surface area (Å²) in [5.41, 5.74) is 0. The molecule has 6 heteroatoms. The molecule has 0 saturated heterocycles. The Hall–Kier alpha value is -1.14. The predicted octanol–water partition coefficient (Wildman–Crippen LogP) is 2.69. The molecular weight excluding hydrogens is 240 g/mol. The largest absolute Gasteiger partial charge is 0.373 e. The normalized spacial score (nSPS) is 10.4. The second-order valence-corrected chi connectivity index (χ2v) is 5.13. The summed E-state index contributed by atoms with van der Waals surface area (Å²) >= 11 is 3.06. The summed E-state index contributed by atoms with van der Waals surface area (Å²) in [7, 11) is 1.86. The Morgan fingerprint density at radius 1 is 1.50 bits per heavy atom. The first kappa shape index (κ1) is 11.3. The summed E-state index contributed by atoms with van der Waals surface area (Å²) < 4.78 is 5.23. The summed E-state index contributed by atoms with van der Waals surface area (Å²) in [4.78, 5) is 9.70. The number of anilines is 1. The van der Waals surface area contributed by atoms with Crippen LogP contribution < -0.4 is 5.32 Å². The Labute approximate surface area is 103 Å². The SMILES string of the molecule is CCc1nsc(Sc2ccnc(NC)c2)n1. The Kier molecular flexibility index (Phi) is 3.74. The number of aromatic nitrogens is 3. The van der Waals surface area contributed by atoms with E-state index in [4.69, 9.17) is 0 Å². The topological polar surface area (TPSA) is 50.7 Å². The molecule has 0 unspecified atom stereocenters. The fourth-order valence-corrected chi connectivity index (χ4v) is 2.84. The predicted molar refractivity (Wildman–Crippen MR) is 67.2 cm³/mol. The molecule has 0 aliphatic rings. The quantitative estimate of drug-likeness (QED) is 0.906. The first-order valence-electron chi connectivity index (χ1n) is 4.96. The minimum absolute atomic E-state index is 0.866. The van der Waals surface area contributed by atoms with Crippen LogP contribution in [0.3, 0.4) is 0 Å². The number of hydrogen-bond donors (Lipinski definition) is 1. The molecule has 0 aliphatic carbocycles. The third-order valence-electron chi connectivity index (χ3n) is 1.96. The highest BCUT2D eigenvalue weighted by molar-refractivity contribution is 8.01. The lowest BCUT2D eigenvalue weighted by Crippen LogP contribution is -1.90. The van der Waals surface area contributed by atoms with Gasteiger partial charge in [-0.3, -0.25) is 0 Å². The van der Waals surface area contributed by atoms with Gasteiger partial charge in [0.1, 0.15) is 11.6 Å². The zero-order valence-corrected chi connectivity index (χ0v) is 10.7. The molecular formula is C10H12N4S2. The van der Waals surface area contributed by atoms with Gasteiger partial charge in [-0.15, -0.1) is 0 Å². The molecule has 0 saturated carbocycles. The first-order valence-corrected chi connectivity index (χ1v) is 6.55. The van der Waals surface area contributed by atoms with Gasteiger partial charge in [-0.2, -0.15) is 4.37 Å². The smallest absolute Gasteiger partial charge is 0.174 e. The maximum atomic E-state index is 4.41. The van der Waals surface area contributed by atoms with Gasteiger partial charge in [-0.25, -0.2) is 9.97 Å². The van der Waals surface area contributed by atoms with E-state index in [1.807, 2.05) is 19.2 Å². The first-order chi connectivity index (χ1) is 7.81. The highest BCUT2D eigenvalue weighted by Gasteiger charge is 2.05. The summed E-state index contributed by atoms with van der Waals surface area (Å²) in [6, 6.07) is 3.97. The summed E-state index contributed by atoms with van der Waals surface area (Å²) in [5.74, 6) is 1.78. The molecule has 2 aromatic heterocycles. The third-order valence-corrected chi connectivity index (χ3v) is 3.74. The summed E-state index contributed by atoms with van der Waals surface area (Å²) in [5, 5.41) is 3.01. The maximum absolute atomic E-state index is 4.41. The van der Waals surface area contributed by atoms with Gasteiger partial charge in [0.2, 0.25) is 0 Å². The van der Waals surface area contributed by atoms with E-state index in [-0.39, 0.29) is 0 Å². The van der Waals surface area contributed by atoms with Crippen LogP contribution in [0.25, 0.3) is 0 Å². The van der Waals surface area contributed by atoms with Crippen molar-refractivity contribution >= 4 is 29.1 Å². The highest BCUT2D eigenvalue weighted by Crippen LogP contribution is 2.29. The molecule has 0 atom stereocenters. The zero-order valence-electron chi connectivity index (χ0n) is 9.10. The molecule has 84 valence electrons. The van der Waals surface area contributed by atoms with Gasteiger partial charge in [-0.05, 0) is 23.7 Å². The Bertz CT molecular complexity index is 469. The van der Waals surface area contributed by atoms with Gasteiger partial charge >= 0.3 is 0 Å². The number of hydrogen-bond acceptors (Lipinski definition) is 6. The van der Waals surface area contributed by atoms with Crippen LogP contribution in [0.1, 0.15) is 12.7 Å². The van der Waals surface area contributed by atoms with Gasteiger partial charge in [0.25, 0.3) is 0 Å². The number of pyridine rings is 1. The Balaban J connectivity index is 2.13. The van der Waals surface area contributed by atoms with Gasteiger partial charge < -0.3 is 5.32 Å². The van der Waals surface area contributed by atoms with E-state index >= 15 is 0 Å². The van der Waals surface area contributed by atoms with Gasteiger partial charge in [-0.1, -0.05) is 18.7 Å². The van der Waals surface area contributed by atoms with Crippen molar-refractivity contribution in [2.24, 2.45) is 0 Å². The fourth-order valence-electron chi connectivity index (χ4n) is 1.14. The monoisotopic (exact) mass is 252 g/mol. The molecule has 0 aromatic carbocycles. The molecule has 0 amide bonds. The molecule has 2 aromatic rings. The van der Waals surface area contributed by atoms with Crippen LogP contribution in [0.15, 0.2) is 27.6 Å². The van der Waals surface area contributed by atoms with Crippen LogP contribution in [0.2, 0.25) is 0 Å². The lowest BCUT2D eigenvalue weighted by atomic mass is 10.5. The van der Waals surface area contributed by atoms with Crippen molar-refractivity contribution < 1.29 is 0 Å². The van der Waals surface area contributed by atoms with E-state index in [0.717, 1.165) is 27.3 Å². The number of nitrogens with zero attached hydrogens (tertiary/aromatic N) is 3. The molecule has 4 nitrogen and oxygen atoms in total. The van der Waals surface area contributed by atoms with Crippen LogP contribution in [-0.2, 0) is 6.42 Å². The minimum atomic E-state index is 0.866. The van der Waals surface area contributed by atoms with Crippen molar-refractivity contribution in [2.45, 2.75) is 22.6 Å². The molecule has 0 radical (unpaired) electrons. The fraction of sp³-hybridized carbons (Fsp3) is 0.300. The van der Waals surface area contributed by atoms with Crippen molar-refractivity contribution in [2.75, 3.05) is 12.4 Å². The number of rotatable bonds is 4. The van der Waals surface area contributed by atoms with E-state index in [1.165, 1.54) is 11.5 Å². The number of aryl methyl sites for hydroxylation is 1. The van der Waals surface area contributed by atoms with Crippen LogP contribution in [0, 0.1) is 0 Å². The van der Waals surface area contributed by atoms with Gasteiger partial charge in [0.15, 0.2) is 4.34 Å². The molecule has 0 bridgehead atoms. The van der Waals surface area contributed by atoms with Gasteiger partial charge in [0, 0.05) is 24.6 Å². The number of nitrogens with one attached hydrogen (secondary N) is 1. The average Bonchev–Trinajstić information content (AvgIpc) is 2.77. The van der Waals surface area contributed by atoms with E-state index in [9.17, 15) is 0 Å². The second kappa shape index (κ2) is 5.27. The van der Waals surface area contributed by atoms with Crippen LogP contribution in [0.5, 0.6) is 0 Å². The Morgan fingerprint density at radius 3 is 3.06 bits per heavy atom. The van der Waals surface area contributed by atoms with E-state index in [2.05, 4.69) is 26.6 Å². The van der Waals surface area contributed by atoms with Crippen molar-refractivity contribution in [1.82, 2.24) is 14.3 Å². The van der Waals surface area contributed by atoms with Crippen LogP contribution >= 0.6 is 23.3 Å². The zero-order chi connectivity index (χ0) is 11.4. The lowest BCUT2D eigenvalue weighted by molar-refractivity contribution is 0.971. The van der Waals surface area contributed by atoms with Crippen molar-refractivity contribution in [1.29, 1.82) is 0 Å². The molecule has 1 N–H and O–H groups in total. The van der Waals surface area contributed by atoms with E-state index in [0.29, 0.717) is 0 Å². The molecule has 16 heavy (non-hydrogen) atoms. The standard InChI is InChI=1S/C10H12N4S2/c1-3-8-13-10(16-14-8)15-7-4-5-12-9(6-7)11-2/h4-6H,3H2,1-2H3,(H,11,12). The second-order valence-electron chi connectivity index (χ2n) is 3.06. The molecule has 2 heterocycles. The Morgan fingerprint density at radius 2 is 2.38 bits per heavy atom. The van der Waals surface area contributed by atoms with Crippen molar-refractivity contribution in [3.63, 3.8) is 0 Å². The summed E-state index contributed by atoms with van der Waals surface area (Å²) in [6.45, 7) is 2.06. The highest BCUT2D eigenvalue weighted by atomic mass is 32.2. The third kappa shape index (κ3) is 2.70. The maximum Gasteiger partial charge on any atom is 0.174 e. The summed E-state index contributed by atoms with van der Waals surface area (Å²) in [6.07, 6.45) is 2.67. The molecule has 2 rings (SSSR count). The van der Waals surface area contributed by atoms with Crippen LogP contribution in [0.4, 0.5) is 5.82 Å². The van der Waals surface area contributed by atoms with Crippen molar-refractivity contribution in [3.05, 3.63) is 24.2 Å². The van der Waals surface area contributed by atoms with E-state index in [1.54, 1.807) is 18.0 Å². The molecule has 0 spiro atoms. The average molecular weight is 252 g/mol. The lowest BCUT2D eigenvalue weighted by Gasteiger charge is -2.00. The van der Waals surface area contributed by atoms with E-state index < -0.39 is 0 Å².